The third-order valence-corrected chi connectivity index (χ3v) is 5.14. The van der Waals surface area contributed by atoms with Crippen molar-refractivity contribution in [2.24, 2.45) is 0 Å². The molecule has 0 atom stereocenters. The van der Waals surface area contributed by atoms with Gasteiger partial charge in [0.25, 0.3) is 11.5 Å². The number of benzene rings is 2. The van der Waals surface area contributed by atoms with Crippen LogP contribution in [0.15, 0.2) is 65.8 Å². The number of carbonyl (C=O) groups excluding carboxylic acids is 1. The molecule has 9 heteroatoms. The highest BCUT2D eigenvalue weighted by Gasteiger charge is 2.11. The maximum atomic E-state index is 13.1. The van der Waals surface area contributed by atoms with Crippen molar-refractivity contribution >= 4 is 22.6 Å². The van der Waals surface area contributed by atoms with Crippen LogP contribution in [-0.4, -0.2) is 45.9 Å². The topological polar surface area (TPSA) is 85.0 Å². The van der Waals surface area contributed by atoms with Crippen LogP contribution in [0.25, 0.3) is 11.0 Å². The monoisotopic (exact) mass is 434 g/mol. The van der Waals surface area contributed by atoms with Crippen molar-refractivity contribution in [2.75, 3.05) is 25.5 Å². The van der Waals surface area contributed by atoms with Crippen LogP contribution in [0.3, 0.4) is 0 Å². The highest BCUT2D eigenvalue weighted by atomic mass is 19.1. The molecule has 0 radical (unpaired) electrons. The second-order valence-corrected chi connectivity index (χ2v) is 7.61. The van der Waals surface area contributed by atoms with Gasteiger partial charge >= 0.3 is 0 Å². The second-order valence-electron chi connectivity index (χ2n) is 7.61. The summed E-state index contributed by atoms with van der Waals surface area (Å²) in [5, 5.41) is 7.50. The minimum atomic E-state index is -0.325. The van der Waals surface area contributed by atoms with Crippen molar-refractivity contribution in [1.29, 1.82) is 0 Å². The van der Waals surface area contributed by atoms with E-state index in [4.69, 9.17) is 0 Å². The zero-order chi connectivity index (χ0) is 22.7. The predicted molar refractivity (Wildman–Crippen MR) is 120 cm³/mol. The standard InChI is InChI=1S/C23H23FN6O2/c1-28(2)19-9-5-17(6-10-19)22(31)25-11-12-30-21-20(13-27-30)23(32)29(15-26-21)14-16-3-7-18(24)8-4-16/h3-10,13,15H,11-12,14H2,1-2H3,(H,25,31). The number of anilines is 1. The number of nitrogens with zero attached hydrogens (tertiary/aromatic N) is 5. The Morgan fingerprint density at radius 3 is 2.50 bits per heavy atom. The lowest BCUT2D eigenvalue weighted by Gasteiger charge is -2.12. The normalized spacial score (nSPS) is 11.0. The molecule has 0 saturated carbocycles. The van der Waals surface area contributed by atoms with Gasteiger partial charge in [-0.2, -0.15) is 5.10 Å². The average molecular weight is 434 g/mol. The maximum absolute atomic E-state index is 13.1. The summed E-state index contributed by atoms with van der Waals surface area (Å²) < 4.78 is 16.1. The van der Waals surface area contributed by atoms with E-state index < -0.39 is 0 Å². The largest absolute Gasteiger partial charge is 0.378 e. The number of hydrogen-bond acceptors (Lipinski definition) is 5. The van der Waals surface area contributed by atoms with Gasteiger partial charge in [-0.15, -0.1) is 0 Å². The maximum Gasteiger partial charge on any atom is 0.264 e. The third kappa shape index (κ3) is 4.51. The number of halogens is 1. The molecule has 4 rings (SSSR count). The first-order chi connectivity index (χ1) is 15.4. The Balaban J connectivity index is 1.41. The number of carbonyl (C=O) groups is 1. The second kappa shape index (κ2) is 9.01. The van der Waals surface area contributed by atoms with Crippen molar-refractivity contribution < 1.29 is 9.18 Å². The van der Waals surface area contributed by atoms with E-state index in [1.807, 2.05) is 31.1 Å². The van der Waals surface area contributed by atoms with E-state index in [0.717, 1.165) is 11.3 Å². The van der Waals surface area contributed by atoms with Gasteiger partial charge in [0.1, 0.15) is 17.5 Å². The van der Waals surface area contributed by atoms with Gasteiger partial charge in [0.2, 0.25) is 0 Å². The molecular weight excluding hydrogens is 411 g/mol. The van der Waals surface area contributed by atoms with Crippen LogP contribution in [0.2, 0.25) is 0 Å². The molecule has 0 saturated heterocycles. The summed E-state index contributed by atoms with van der Waals surface area (Å²) in [7, 11) is 3.88. The molecule has 0 aliphatic carbocycles. The summed E-state index contributed by atoms with van der Waals surface area (Å²) in [6.07, 6.45) is 2.94. The van der Waals surface area contributed by atoms with Crippen molar-refractivity contribution in [3.05, 3.63) is 88.4 Å². The molecule has 1 amide bonds. The summed E-state index contributed by atoms with van der Waals surface area (Å²) in [5.41, 5.74) is 2.61. The van der Waals surface area contributed by atoms with Gasteiger partial charge in [-0.3, -0.25) is 14.2 Å². The SMILES string of the molecule is CN(C)c1ccc(C(=O)NCCn2ncc3c(=O)n(Cc4ccc(F)cc4)cnc32)cc1. The Morgan fingerprint density at radius 2 is 1.81 bits per heavy atom. The van der Waals surface area contributed by atoms with E-state index in [1.54, 1.807) is 28.9 Å². The molecule has 0 unspecified atom stereocenters. The molecule has 2 heterocycles. The molecule has 0 bridgehead atoms. The number of nitrogens with one attached hydrogen (secondary N) is 1. The first kappa shape index (κ1) is 21.2. The molecule has 0 spiro atoms. The molecule has 8 nitrogen and oxygen atoms in total. The molecule has 164 valence electrons. The lowest BCUT2D eigenvalue weighted by Crippen LogP contribution is -2.28. The van der Waals surface area contributed by atoms with Gasteiger partial charge < -0.3 is 10.2 Å². The smallest absolute Gasteiger partial charge is 0.264 e. The zero-order valence-corrected chi connectivity index (χ0v) is 17.8. The van der Waals surface area contributed by atoms with E-state index in [-0.39, 0.29) is 23.8 Å². The fourth-order valence-electron chi connectivity index (χ4n) is 3.35. The Hall–Kier alpha value is -4.01. The van der Waals surface area contributed by atoms with Crippen molar-refractivity contribution in [1.82, 2.24) is 24.6 Å². The van der Waals surface area contributed by atoms with E-state index in [0.29, 0.717) is 29.7 Å². The molecule has 0 aliphatic rings. The lowest BCUT2D eigenvalue weighted by molar-refractivity contribution is 0.0952. The summed E-state index contributed by atoms with van der Waals surface area (Å²) in [4.78, 5) is 31.5. The minimum Gasteiger partial charge on any atom is -0.378 e. The first-order valence-corrected chi connectivity index (χ1v) is 10.1. The van der Waals surface area contributed by atoms with Crippen LogP contribution < -0.4 is 15.8 Å². The van der Waals surface area contributed by atoms with E-state index in [9.17, 15) is 14.0 Å². The molecule has 32 heavy (non-hydrogen) atoms. The number of aromatic nitrogens is 4. The number of amides is 1. The van der Waals surface area contributed by atoms with Crippen molar-refractivity contribution in [3.8, 4) is 0 Å². The summed E-state index contributed by atoms with van der Waals surface area (Å²) in [6.45, 7) is 1.00. The Kier molecular flexibility index (Phi) is 5.98. The van der Waals surface area contributed by atoms with Gasteiger partial charge in [0.05, 0.1) is 19.3 Å². The molecule has 0 fully saturated rings. The van der Waals surface area contributed by atoms with Crippen LogP contribution in [0.1, 0.15) is 15.9 Å². The quantitative estimate of drug-likeness (QED) is 0.482. The fraction of sp³-hybridized carbons (Fsp3) is 0.217. The lowest BCUT2D eigenvalue weighted by atomic mass is 10.2. The molecule has 0 aliphatic heterocycles. The summed E-state index contributed by atoms with van der Waals surface area (Å²) >= 11 is 0. The Bertz CT molecular complexity index is 1290. The van der Waals surface area contributed by atoms with Crippen LogP contribution in [-0.2, 0) is 13.1 Å². The van der Waals surface area contributed by atoms with E-state index in [2.05, 4.69) is 15.4 Å². The van der Waals surface area contributed by atoms with Gasteiger partial charge in [-0.05, 0) is 42.0 Å². The van der Waals surface area contributed by atoms with Crippen LogP contribution in [0.5, 0.6) is 0 Å². The first-order valence-electron chi connectivity index (χ1n) is 10.1. The highest BCUT2D eigenvalue weighted by Crippen LogP contribution is 2.12. The van der Waals surface area contributed by atoms with Crippen molar-refractivity contribution in [2.45, 2.75) is 13.1 Å². The minimum absolute atomic E-state index is 0.179. The summed E-state index contributed by atoms with van der Waals surface area (Å²) in [6, 6.07) is 13.3. The molecule has 2 aromatic heterocycles. The van der Waals surface area contributed by atoms with Crippen molar-refractivity contribution in [3.63, 3.8) is 0 Å². The molecule has 1 N–H and O–H groups in total. The molecular formula is C23H23FN6O2. The van der Waals surface area contributed by atoms with Gasteiger partial charge in [-0.1, -0.05) is 12.1 Å². The van der Waals surface area contributed by atoms with Crippen LogP contribution in [0.4, 0.5) is 10.1 Å². The highest BCUT2D eigenvalue weighted by molar-refractivity contribution is 5.94. The molecule has 4 aromatic rings. The summed E-state index contributed by atoms with van der Waals surface area (Å²) in [5.74, 6) is -0.505. The fourth-order valence-corrected chi connectivity index (χ4v) is 3.35. The Morgan fingerprint density at radius 1 is 1.09 bits per heavy atom. The predicted octanol–water partition coefficient (Wildman–Crippen LogP) is 2.28. The Labute approximate surface area is 183 Å². The van der Waals surface area contributed by atoms with Gasteiger partial charge in [0.15, 0.2) is 5.65 Å². The third-order valence-electron chi connectivity index (χ3n) is 5.14. The van der Waals surface area contributed by atoms with Gasteiger partial charge in [0, 0.05) is 31.9 Å². The van der Waals surface area contributed by atoms with E-state index >= 15 is 0 Å². The number of fused-ring (bicyclic) bond motifs is 1. The average Bonchev–Trinajstić information content (AvgIpc) is 3.21. The number of rotatable bonds is 7. The van der Waals surface area contributed by atoms with Crippen LogP contribution in [0, 0.1) is 5.82 Å². The number of hydrogen-bond donors (Lipinski definition) is 1. The zero-order valence-electron chi connectivity index (χ0n) is 17.8. The van der Waals surface area contributed by atoms with E-state index in [1.165, 1.54) is 29.2 Å². The van der Waals surface area contributed by atoms with Gasteiger partial charge in [-0.25, -0.2) is 14.1 Å². The molecule has 2 aromatic carbocycles. The van der Waals surface area contributed by atoms with Crippen LogP contribution >= 0.6 is 0 Å².